The molecule has 2 aliphatic rings. The van der Waals surface area contributed by atoms with Gasteiger partial charge in [0.15, 0.2) is 35.2 Å². The lowest BCUT2D eigenvalue weighted by molar-refractivity contribution is -0.106. The smallest absolute Gasteiger partial charge is 0.178 e. The lowest BCUT2D eigenvalue weighted by Gasteiger charge is -2.10. The van der Waals surface area contributed by atoms with E-state index < -0.39 is 23.3 Å². The van der Waals surface area contributed by atoms with E-state index in [4.69, 9.17) is 26.3 Å². The molecule has 0 radical (unpaired) electrons. The van der Waals surface area contributed by atoms with E-state index in [1.807, 2.05) is 67.6 Å². The van der Waals surface area contributed by atoms with Gasteiger partial charge in [-0.05, 0) is 139 Å². The molecule has 6 aromatic rings. The van der Waals surface area contributed by atoms with Crippen molar-refractivity contribution in [3.8, 4) is 35.1 Å². The Hall–Kier alpha value is -7.20. The number of aldehydes is 1. The molecule has 0 aliphatic heterocycles. The summed E-state index contributed by atoms with van der Waals surface area (Å²) in [5.41, 5.74) is 5.06. The van der Waals surface area contributed by atoms with Crippen molar-refractivity contribution in [3.63, 3.8) is 0 Å². The number of nitrogens with zero attached hydrogens (tertiary/aromatic N) is 2. The van der Waals surface area contributed by atoms with Gasteiger partial charge in [-0.2, -0.15) is 10.5 Å². The zero-order valence-electron chi connectivity index (χ0n) is 34.2. The number of nitriles is 2. The minimum atomic E-state index is -0.610. The number of halogens is 5. The fourth-order valence-corrected chi connectivity index (χ4v) is 6.63. The van der Waals surface area contributed by atoms with E-state index in [1.165, 1.54) is 30.3 Å². The number of aryl methyl sites for hydroxylation is 1. The van der Waals surface area contributed by atoms with Crippen LogP contribution in [0.15, 0.2) is 163 Å². The number of ether oxygens (including phenoxy) is 2. The first-order valence-electron chi connectivity index (χ1n) is 20.2. The number of hydrogen-bond donors (Lipinski definition) is 0. The van der Waals surface area contributed by atoms with E-state index in [0.29, 0.717) is 39.5 Å². The van der Waals surface area contributed by atoms with Gasteiger partial charge in [0, 0.05) is 10.6 Å². The first kappa shape index (κ1) is 45.3. The number of carbonyl (C=O) groups excluding carboxylic acids is 1. The van der Waals surface area contributed by atoms with Crippen LogP contribution in [0.1, 0.15) is 53.5 Å². The van der Waals surface area contributed by atoms with Crippen LogP contribution in [0.3, 0.4) is 0 Å². The summed E-state index contributed by atoms with van der Waals surface area (Å²) in [6.45, 7) is 1.99. The summed E-state index contributed by atoms with van der Waals surface area (Å²) in [6.07, 6.45) is 5.54. The maximum absolute atomic E-state index is 15.3. The summed E-state index contributed by atoms with van der Waals surface area (Å²) in [5.74, 6) is -0.584. The normalized spacial score (nSPS) is 13.9. The van der Waals surface area contributed by atoms with E-state index in [1.54, 1.807) is 72.8 Å². The summed E-state index contributed by atoms with van der Waals surface area (Å²) < 4.78 is 67.4. The highest BCUT2D eigenvalue weighted by Gasteiger charge is 2.31. The predicted octanol–water partition coefficient (Wildman–Crippen LogP) is 14.9. The second-order valence-corrected chi connectivity index (χ2v) is 15.2. The van der Waals surface area contributed by atoms with Crippen LogP contribution in [0, 0.1) is 53.1 Å². The van der Waals surface area contributed by atoms with Crippen LogP contribution in [-0.2, 0) is 11.2 Å². The largest absolute Gasteiger partial charge is 0.454 e. The Bertz CT molecular complexity index is 2700. The Morgan fingerprint density at radius 3 is 1.62 bits per heavy atom. The Morgan fingerprint density at radius 1 is 0.651 bits per heavy atom. The monoisotopic (exact) mass is 864 g/mol. The third-order valence-electron chi connectivity index (χ3n) is 9.96. The van der Waals surface area contributed by atoms with Gasteiger partial charge in [0.25, 0.3) is 0 Å². The van der Waals surface area contributed by atoms with Crippen LogP contribution < -0.4 is 9.47 Å². The van der Waals surface area contributed by atoms with Gasteiger partial charge in [0.1, 0.15) is 17.3 Å². The highest BCUT2D eigenvalue weighted by Crippen LogP contribution is 2.45. The molecule has 0 unspecified atom stereocenters. The molecular weight excluding hydrogens is 824 g/mol. The zero-order chi connectivity index (χ0) is 44.7. The van der Waals surface area contributed by atoms with Gasteiger partial charge < -0.3 is 9.47 Å². The first-order valence-corrected chi connectivity index (χ1v) is 20.5. The highest BCUT2D eigenvalue weighted by molar-refractivity contribution is 6.30. The van der Waals surface area contributed by atoms with Crippen LogP contribution in [0.25, 0.3) is 16.7 Å². The maximum Gasteiger partial charge on any atom is 0.178 e. The molecule has 0 spiro atoms. The Kier molecular flexibility index (Phi) is 15.9. The molecule has 5 nitrogen and oxygen atoms in total. The van der Waals surface area contributed by atoms with Gasteiger partial charge in [-0.3, -0.25) is 4.79 Å². The third-order valence-corrected chi connectivity index (χ3v) is 10.2. The molecule has 10 heteroatoms. The van der Waals surface area contributed by atoms with E-state index in [0.717, 1.165) is 47.9 Å². The molecule has 8 rings (SSSR count). The number of carbonyl (C=O) groups is 1. The molecule has 6 aromatic carbocycles. The molecule has 63 heavy (non-hydrogen) atoms. The molecule has 0 amide bonds. The Labute approximate surface area is 369 Å². The number of rotatable bonds is 12. The molecule has 0 aromatic heterocycles. The molecule has 0 atom stereocenters. The second-order valence-electron chi connectivity index (χ2n) is 14.8. The summed E-state index contributed by atoms with van der Waals surface area (Å²) in [5, 5.41) is 18.8. The number of para-hydroxylation sites is 2. The van der Waals surface area contributed by atoms with E-state index in [2.05, 4.69) is 0 Å². The molecule has 0 bridgehead atoms. The zero-order valence-corrected chi connectivity index (χ0v) is 35.0. The summed E-state index contributed by atoms with van der Waals surface area (Å²) in [6, 6.07) is 44.9. The van der Waals surface area contributed by atoms with Gasteiger partial charge >= 0.3 is 0 Å². The Balaban J connectivity index is 0.000000174. The van der Waals surface area contributed by atoms with Gasteiger partial charge in [0.05, 0.1) is 24.1 Å². The topological polar surface area (TPSA) is 83.1 Å². The molecule has 2 aliphatic carbocycles. The first-order chi connectivity index (χ1) is 30.6. The van der Waals surface area contributed by atoms with Crippen LogP contribution in [0.4, 0.5) is 17.6 Å². The van der Waals surface area contributed by atoms with Crippen molar-refractivity contribution in [2.24, 2.45) is 11.8 Å². The van der Waals surface area contributed by atoms with Crippen LogP contribution in [0.2, 0.25) is 5.02 Å². The molecule has 0 N–H and O–H groups in total. The summed E-state index contributed by atoms with van der Waals surface area (Å²) >= 11 is 5.96. The van der Waals surface area contributed by atoms with Crippen molar-refractivity contribution in [1.29, 1.82) is 10.5 Å². The molecule has 2 fully saturated rings. The van der Waals surface area contributed by atoms with Crippen molar-refractivity contribution in [3.05, 3.63) is 208 Å². The standard InChI is InChI=1S/C26H18ClF2NO.C14H10FNO.C13H13FO/c27-21-11-8-18(9-12-21)26(17-6-7-17)24(29)14-20(16-30)19-10-13-23(28)25(15-19)31-22-4-2-1-3-5-22;15-13-7-6-11(8-9-16)10-14(13)17-12-4-2-1-3-5-12;1-9-2-4-10(5-3-9)13(11-6-7-11)12(14)8-15/h1-5,8-15,17H,6-7H2;1-7,10H,8H2;2-5,8,11H,6-7H2,1H3/b20-14+,26-24?;;. The van der Waals surface area contributed by atoms with Gasteiger partial charge in [0.2, 0.25) is 0 Å². The SMILES string of the molecule is Cc1ccc(C(=C(F)C=O)C2CC2)cc1.N#C/C(=C\C(F)=C(c1ccc(Cl)cc1)C1CC1)c1ccc(F)c(Oc2ccccc2)c1.N#CCc1ccc(F)c(Oc2ccccc2)c1. The summed E-state index contributed by atoms with van der Waals surface area (Å²) in [7, 11) is 0. The van der Waals surface area contributed by atoms with Gasteiger partial charge in [-0.25, -0.2) is 17.6 Å². The van der Waals surface area contributed by atoms with Crippen molar-refractivity contribution >= 4 is 34.6 Å². The fourth-order valence-electron chi connectivity index (χ4n) is 6.50. The second kappa shape index (κ2) is 22.1. The maximum atomic E-state index is 15.3. The molecule has 0 saturated heterocycles. The van der Waals surface area contributed by atoms with E-state index in [-0.39, 0.29) is 35.3 Å². The lowest BCUT2D eigenvalue weighted by Crippen LogP contribution is -1.93. The van der Waals surface area contributed by atoms with Crippen molar-refractivity contribution in [1.82, 2.24) is 0 Å². The number of benzene rings is 6. The van der Waals surface area contributed by atoms with Gasteiger partial charge in [-0.1, -0.05) is 102 Å². The lowest BCUT2D eigenvalue weighted by atomic mass is 9.98. The highest BCUT2D eigenvalue weighted by atomic mass is 35.5. The van der Waals surface area contributed by atoms with Crippen molar-refractivity contribution < 1.29 is 31.8 Å². The minimum absolute atomic E-state index is 0.0330. The van der Waals surface area contributed by atoms with Gasteiger partial charge in [-0.15, -0.1) is 0 Å². The number of allylic oxidation sites excluding steroid dienone is 6. The van der Waals surface area contributed by atoms with Crippen LogP contribution >= 0.6 is 11.6 Å². The van der Waals surface area contributed by atoms with Crippen molar-refractivity contribution in [2.75, 3.05) is 0 Å². The third kappa shape index (κ3) is 13.1. The molecular formula is C53H41ClF4N2O3. The average Bonchev–Trinajstić information content (AvgIpc) is 4.25. The summed E-state index contributed by atoms with van der Waals surface area (Å²) in [4.78, 5) is 10.5. The van der Waals surface area contributed by atoms with Crippen molar-refractivity contribution in [2.45, 2.75) is 39.0 Å². The Morgan fingerprint density at radius 2 is 1.13 bits per heavy atom. The van der Waals surface area contributed by atoms with E-state index in [9.17, 15) is 23.2 Å². The predicted molar refractivity (Wildman–Crippen MR) is 239 cm³/mol. The molecule has 0 heterocycles. The molecule has 2 saturated carbocycles. The number of hydrogen-bond acceptors (Lipinski definition) is 5. The molecule has 316 valence electrons. The fraction of sp³-hybridized carbons (Fsp3) is 0.151. The van der Waals surface area contributed by atoms with Crippen LogP contribution in [-0.4, -0.2) is 6.29 Å². The van der Waals surface area contributed by atoms with Crippen LogP contribution in [0.5, 0.6) is 23.0 Å². The quantitative estimate of drug-likeness (QED) is 0.0402. The average molecular weight is 865 g/mol. The minimum Gasteiger partial charge on any atom is -0.454 e. The van der Waals surface area contributed by atoms with E-state index >= 15 is 4.39 Å².